The maximum absolute atomic E-state index is 9.70. The number of thioether (sulfide) groups is 1. The van der Waals surface area contributed by atoms with Crippen molar-refractivity contribution in [2.45, 2.75) is 24.3 Å². The Balaban J connectivity index is 1.38. The number of aliphatic hydroxyl groups is 2. The van der Waals surface area contributed by atoms with Gasteiger partial charge in [-0.1, -0.05) is 89.8 Å². The number of aromatic nitrogens is 1. The second-order valence-electron chi connectivity index (χ2n) is 9.52. The smallest absolute Gasteiger partial charge is 0.262 e. The molecule has 39 heavy (non-hydrogen) atoms. The molecule has 1 aliphatic carbocycles. The number of nitrogens with zero attached hydrogens (tertiary/aromatic N) is 2. The number of anilines is 1. The van der Waals surface area contributed by atoms with Gasteiger partial charge < -0.3 is 15.1 Å². The Hall–Kier alpha value is -3.42. The molecule has 4 nitrogen and oxygen atoms in total. The number of β-amino-alcohol motifs (C(OH)–C–C–N with tert-alkyl or cyclic N) is 1. The number of rotatable bonds is 8. The number of allylic oxidation sites excluding steroid dienone is 6. The summed E-state index contributed by atoms with van der Waals surface area (Å²) in [6, 6.07) is 27.4. The molecule has 196 valence electrons. The van der Waals surface area contributed by atoms with Crippen LogP contribution in [0.5, 0.6) is 0 Å². The van der Waals surface area contributed by atoms with Gasteiger partial charge in [-0.2, -0.15) is 4.57 Å². The summed E-state index contributed by atoms with van der Waals surface area (Å²) >= 11 is 3.52. The monoisotopic (exact) mass is 551 g/mol. The molecule has 0 bridgehead atoms. The van der Waals surface area contributed by atoms with Gasteiger partial charge in [0.15, 0.2) is 6.54 Å². The van der Waals surface area contributed by atoms with E-state index in [1.165, 1.54) is 31.9 Å². The minimum Gasteiger partial charge on any atom is -0.395 e. The van der Waals surface area contributed by atoms with Crippen LogP contribution in [0, 0.1) is 0 Å². The van der Waals surface area contributed by atoms with Crippen LogP contribution in [0.25, 0.3) is 21.9 Å². The van der Waals surface area contributed by atoms with Crippen molar-refractivity contribution in [1.29, 1.82) is 0 Å². The van der Waals surface area contributed by atoms with Gasteiger partial charge in [0.1, 0.15) is 11.3 Å². The van der Waals surface area contributed by atoms with Crippen molar-refractivity contribution in [1.82, 2.24) is 0 Å². The van der Waals surface area contributed by atoms with Crippen LogP contribution < -0.4 is 9.47 Å². The summed E-state index contributed by atoms with van der Waals surface area (Å²) in [4.78, 5) is 3.43. The second kappa shape index (κ2) is 11.8. The van der Waals surface area contributed by atoms with Gasteiger partial charge >= 0.3 is 0 Å². The first kappa shape index (κ1) is 25.8. The van der Waals surface area contributed by atoms with Gasteiger partial charge in [-0.3, -0.25) is 0 Å². The fraction of sp³-hybridized carbons (Fsp3) is 0.182. The van der Waals surface area contributed by atoms with Gasteiger partial charge in [0.05, 0.1) is 17.3 Å². The quantitative estimate of drug-likeness (QED) is 0.236. The van der Waals surface area contributed by atoms with Gasteiger partial charge in [0.25, 0.3) is 5.01 Å². The van der Waals surface area contributed by atoms with Crippen LogP contribution in [0.15, 0.2) is 118 Å². The van der Waals surface area contributed by atoms with Gasteiger partial charge in [0.2, 0.25) is 5.52 Å². The number of aliphatic hydroxyl groups excluding tert-OH is 2. The van der Waals surface area contributed by atoms with E-state index in [1.54, 1.807) is 23.1 Å². The highest BCUT2D eigenvalue weighted by atomic mass is 32.2. The minimum atomic E-state index is 0.112. The molecule has 0 atom stereocenters. The SMILES string of the molecule is OCCN1/C(=C/C=C2\CCC(/C=C/c3sc4ccccc4[n+]3CCO)=C2c2ccccc2)Sc2ccccc21. The molecule has 1 aromatic heterocycles. The average molecular weight is 552 g/mol. The third-order valence-corrected chi connectivity index (χ3v) is 9.40. The molecule has 6 heteroatoms. The maximum Gasteiger partial charge on any atom is 0.262 e. The Morgan fingerprint density at radius 2 is 1.62 bits per heavy atom. The normalized spacial score (nSPS) is 17.4. The Morgan fingerprint density at radius 1 is 0.821 bits per heavy atom. The lowest BCUT2D eigenvalue weighted by Crippen LogP contribution is -2.36. The zero-order valence-electron chi connectivity index (χ0n) is 21.7. The standard InChI is InChI=1S/C33H31N2O2S2/c36-22-20-34-27-10-4-6-12-29(27)38-31(34)18-16-25-14-15-26(33(25)24-8-2-1-3-9-24)17-19-32-35(21-23-37)28-11-5-7-13-30(28)39-32/h1-13,16-19,36-37H,14-15,20-23H2/q+1. The summed E-state index contributed by atoms with van der Waals surface area (Å²) in [6.07, 6.45) is 10.9. The highest BCUT2D eigenvalue weighted by molar-refractivity contribution is 8.03. The van der Waals surface area contributed by atoms with Crippen molar-refractivity contribution in [3.8, 4) is 0 Å². The summed E-state index contributed by atoms with van der Waals surface area (Å²) in [5.41, 5.74) is 7.51. The van der Waals surface area contributed by atoms with Crippen molar-refractivity contribution in [3.05, 3.63) is 124 Å². The molecular weight excluding hydrogens is 521 g/mol. The summed E-state index contributed by atoms with van der Waals surface area (Å²) in [5.74, 6) is 0. The Labute approximate surface area is 237 Å². The molecule has 0 fully saturated rings. The minimum absolute atomic E-state index is 0.112. The largest absolute Gasteiger partial charge is 0.395 e. The molecule has 6 rings (SSSR count). The van der Waals surface area contributed by atoms with E-state index in [0.717, 1.165) is 34.1 Å². The highest BCUT2D eigenvalue weighted by Crippen LogP contribution is 2.46. The van der Waals surface area contributed by atoms with Gasteiger partial charge in [0, 0.05) is 23.6 Å². The van der Waals surface area contributed by atoms with Crippen LogP contribution in [0.2, 0.25) is 0 Å². The van der Waals surface area contributed by atoms with Gasteiger partial charge in [-0.05, 0) is 59.4 Å². The van der Waals surface area contributed by atoms with E-state index in [9.17, 15) is 10.2 Å². The predicted octanol–water partition coefficient (Wildman–Crippen LogP) is 6.81. The predicted molar refractivity (Wildman–Crippen MR) is 164 cm³/mol. The van der Waals surface area contributed by atoms with E-state index in [-0.39, 0.29) is 13.2 Å². The molecule has 4 aromatic rings. The fourth-order valence-electron chi connectivity index (χ4n) is 5.39. The maximum atomic E-state index is 9.70. The van der Waals surface area contributed by atoms with Gasteiger partial charge in [-0.25, -0.2) is 0 Å². The molecule has 3 aromatic carbocycles. The molecule has 0 spiro atoms. The molecule has 2 aliphatic rings. The summed E-state index contributed by atoms with van der Waals surface area (Å²) in [5, 5.41) is 21.7. The Kier molecular flexibility index (Phi) is 7.79. The second-order valence-corrected chi connectivity index (χ2v) is 11.6. The Bertz CT molecular complexity index is 1620. The van der Waals surface area contributed by atoms with E-state index in [1.807, 2.05) is 0 Å². The lowest BCUT2D eigenvalue weighted by atomic mass is 9.98. The van der Waals surface area contributed by atoms with Crippen LogP contribution in [0.3, 0.4) is 0 Å². The molecule has 2 heterocycles. The van der Waals surface area contributed by atoms with Gasteiger partial charge in [-0.15, -0.1) is 0 Å². The van der Waals surface area contributed by atoms with E-state index in [2.05, 4.69) is 113 Å². The first-order valence-electron chi connectivity index (χ1n) is 13.3. The summed E-state index contributed by atoms with van der Waals surface area (Å²) < 4.78 is 3.43. The fourth-order valence-corrected chi connectivity index (χ4v) is 7.57. The number of para-hydroxylation sites is 2. The van der Waals surface area contributed by atoms with Crippen molar-refractivity contribution in [2.75, 3.05) is 24.7 Å². The number of thiazole rings is 1. The van der Waals surface area contributed by atoms with Crippen molar-refractivity contribution < 1.29 is 14.8 Å². The van der Waals surface area contributed by atoms with E-state index in [4.69, 9.17) is 0 Å². The first-order valence-corrected chi connectivity index (χ1v) is 15.0. The average Bonchev–Trinajstić information content (AvgIpc) is 3.65. The first-order chi connectivity index (χ1) is 19.3. The molecule has 0 amide bonds. The van der Waals surface area contributed by atoms with Crippen molar-refractivity contribution in [3.63, 3.8) is 0 Å². The van der Waals surface area contributed by atoms with Crippen LogP contribution in [0.1, 0.15) is 23.4 Å². The number of benzene rings is 3. The Morgan fingerprint density at radius 3 is 2.46 bits per heavy atom. The summed E-state index contributed by atoms with van der Waals surface area (Å²) in [6.45, 7) is 1.39. The molecule has 0 saturated carbocycles. The van der Waals surface area contributed by atoms with Crippen LogP contribution in [0.4, 0.5) is 5.69 Å². The van der Waals surface area contributed by atoms with Crippen molar-refractivity contribution >= 4 is 50.7 Å². The topological polar surface area (TPSA) is 47.6 Å². The molecule has 0 radical (unpaired) electrons. The van der Waals surface area contributed by atoms with E-state index >= 15 is 0 Å². The molecule has 0 saturated heterocycles. The summed E-state index contributed by atoms with van der Waals surface area (Å²) in [7, 11) is 0. The lowest BCUT2D eigenvalue weighted by Gasteiger charge is -2.18. The van der Waals surface area contributed by atoms with E-state index in [0.29, 0.717) is 13.1 Å². The molecular formula is C33H31N2O2S2+. The number of hydrogen-bond donors (Lipinski definition) is 2. The number of fused-ring (bicyclic) bond motifs is 2. The highest BCUT2D eigenvalue weighted by Gasteiger charge is 2.25. The lowest BCUT2D eigenvalue weighted by molar-refractivity contribution is -0.670. The van der Waals surface area contributed by atoms with Crippen LogP contribution >= 0.6 is 23.1 Å². The zero-order valence-corrected chi connectivity index (χ0v) is 23.3. The zero-order chi connectivity index (χ0) is 26.6. The molecule has 2 N–H and O–H groups in total. The van der Waals surface area contributed by atoms with Crippen LogP contribution in [-0.4, -0.2) is 30.0 Å². The third-order valence-electron chi connectivity index (χ3n) is 7.14. The van der Waals surface area contributed by atoms with Crippen LogP contribution in [-0.2, 0) is 6.54 Å². The van der Waals surface area contributed by atoms with Crippen molar-refractivity contribution in [2.24, 2.45) is 0 Å². The molecule has 0 unspecified atom stereocenters. The van der Waals surface area contributed by atoms with E-state index < -0.39 is 0 Å². The number of hydrogen-bond acceptors (Lipinski definition) is 5. The third kappa shape index (κ3) is 5.25. The molecule has 1 aliphatic heterocycles.